The number of benzene rings is 3. The molecule has 0 spiro atoms. The SMILES string of the molecule is CCN1C(=c2sc(=C3SC(=S)N(c4ccccc4)C3=O)n(-c3ccccc3)c2=O)C=Cc2ccccc21. The van der Waals surface area contributed by atoms with Gasteiger partial charge in [-0.15, -0.1) is 11.3 Å². The molecule has 0 saturated carbocycles. The van der Waals surface area contributed by atoms with Gasteiger partial charge in [-0.1, -0.05) is 84.7 Å². The van der Waals surface area contributed by atoms with E-state index in [4.69, 9.17) is 12.2 Å². The minimum Gasteiger partial charge on any atom is -0.340 e. The Bertz CT molecular complexity index is 1760. The third kappa shape index (κ3) is 3.98. The summed E-state index contributed by atoms with van der Waals surface area (Å²) in [6.07, 6.45) is 4.03. The van der Waals surface area contributed by atoms with Crippen LogP contribution in [-0.4, -0.2) is 21.3 Å². The second-order valence-corrected chi connectivity index (χ2v) is 11.1. The standard InChI is InChI=1S/C29H21N3O2S3/c1-2-30-22-16-10-9-11-19(22)17-18-23(30)24-26(33)31(20-12-5-3-6-13-20)28(36-24)25-27(34)32(29(35)37-25)21-14-7-4-8-15-21/h3-18H,2H2,1H3. The van der Waals surface area contributed by atoms with Crippen LogP contribution in [0.25, 0.3) is 22.4 Å². The van der Waals surface area contributed by atoms with Crippen LogP contribution < -0.4 is 24.6 Å². The number of hydrogen-bond donors (Lipinski definition) is 0. The van der Waals surface area contributed by atoms with Gasteiger partial charge in [0, 0.05) is 12.2 Å². The molecule has 37 heavy (non-hydrogen) atoms. The number of thiocarbonyl (C=S) groups is 1. The smallest absolute Gasteiger partial charge is 0.275 e. The lowest BCUT2D eigenvalue weighted by Crippen LogP contribution is -2.36. The number of fused-ring (bicyclic) bond motifs is 1. The Morgan fingerprint density at radius 3 is 2.16 bits per heavy atom. The summed E-state index contributed by atoms with van der Waals surface area (Å²) in [5, 5.41) is 0. The number of amides is 1. The van der Waals surface area contributed by atoms with Crippen molar-refractivity contribution in [1.29, 1.82) is 0 Å². The molecule has 5 nitrogen and oxygen atoms in total. The number of likely N-dealkylation sites (N-methyl/N-ethyl adjacent to an activating group) is 1. The number of para-hydroxylation sites is 3. The normalized spacial score (nSPS) is 18.0. The number of carbonyl (C=O) groups excluding carboxylic acids is 1. The summed E-state index contributed by atoms with van der Waals surface area (Å²) in [5.41, 5.74) is 4.24. The first kappa shape index (κ1) is 23.7. The monoisotopic (exact) mass is 539 g/mol. The van der Waals surface area contributed by atoms with Crippen molar-refractivity contribution >= 4 is 73.6 Å². The van der Waals surface area contributed by atoms with Crippen LogP contribution in [0.2, 0.25) is 0 Å². The molecule has 4 aromatic rings. The summed E-state index contributed by atoms with van der Waals surface area (Å²) in [5.74, 6) is -0.222. The summed E-state index contributed by atoms with van der Waals surface area (Å²) in [7, 11) is 0. The Hall–Kier alpha value is -3.72. The zero-order chi connectivity index (χ0) is 25.5. The molecule has 2 aliphatic heterocycles. The number of rotatable bonds is 3. The fraction of sp³-hybridized carbons (Fsp3) is 0.0690. The first-order chi connectivity index (χ1) is 18.1. The number of nitrogens with zero attached hydrogens (tertiary/aromatic N) is 3. The predicted molar refractivity (Wildman–Crippen MR) is 159 cm³/mol. The Labute approximate surface area is 227 Å². The summed E-state index contributed by atoms with van der Waals surface area (Å²) < 4.78 is 3.25. The molecule has 0 atom stereocenters. The Morgan fingerprint density at radius 1 is 0.811 bits per heavy atom. The number of thiazole rings is 1. The third-order valence-electron chi connectivity index (χ3n) is 6.28. The fourth-order valence-electron chi connectivity index (χ4n) is 4.60. The van der Waals surface area contributed by atoms with Gasteiger partial charge < -0.3 is 4.90 Å². The zero-order valence-corrected chi connectivity index (χ0v) is 22.3. The lowest BCUT2D eigenvalue weighted by atomic mass is 10.1. The van der Waals surface area contributed by atoms with Crippen LogP contribution in [0.15, 0.2) is 95.8 Å². The van der Waals surface area contributed by atoms with E-state index in [9.17, 15) is 9.59 Å². The molecule has 1 saturated heterocycles. The molecule has 0 unspecified atom stereocenters. The maximum atomic E-state index is 14.1. The van der Waals surface area contributed by atoms with E-state index < -0.39 is 0 Å². The van der Waals surface area contributed by atoms with Gasteiger partial charge in [0.1, 0.15) is 14.1 Å². The Kier molecular flexibility index (Phi) is 6.16. The average Bonchev–Trinajstić information content (AvgIpc) is 3.43. The van der Waals surface area contributed by atoms with E-state index in [-0.39, 0.29) is 11.5 Å². The molecule has 1 fully saturated rings. The van der Waals surface area contributed by atoms with Gasteiger partial charge in [-0.25, -0.2) is 0 Å². The largest absolute Gasteiger partial charge is 0.340 e. The van der Waals surface area contributed by atoms with E-state index in [0.717, 1.165) is 16.9 Å². The number of anilines is 2. The summed E-state index contributed by atoms with van der Waals surface area (Å²) in [6, 6.07) is 27.0. The number of carbonyl (C=O) groups is 1. The highest BCUT2D eigenvalue weighted by Crippen LogP contribution is 2.35. The molecule has 0 radical (unpaired) electrons. The average molecular weight is 540 g/mol. The van der Waals surface area contributed by atoms with Crippen LogP contribution in [0, 0.1) is 0 Å². The van der Waals surface area contributed by atoms with E-state index in [2.05, 4.69) is 24.0 Å². The lowest BCUT2D eigenvalue weighted by molar-refractivity contribution is -0.112. The quantitative estimate of drug-likeness (QED) is 0.352. The fourth-order valence-corrected chi connectivity index (χ4v) is 7.21. The van der Waals surface area contributed by atoms with Crippen LogP contribution in [0.5, 0.6) is 0 Å². The van der Waals surface area contributed by atoms with Crippen LogP contribution in [0.1, 0.15) is 12.5 Å². The van der Waals surface area contributed by atoms with Crippen LogP contribution in [0.4, 0.5) is 11.4 Å². The highest BCUT2D eigenvalue weighted by atomic mass is 32.2. The Morgan fingerprint density at radius 2 is 1.46 bits per heavy atom. The van der Waals surface area contributed by atoms with Gasteiger partial charge in [-0.05, 0) is 48.9 Å². The van der Waals surface area contributed by atoms with Gasteiger partial charge in [0.05, 0.1) is 17.1 Å². The van der Waals surface area contributed by atoms with Crippen molar-refractivity contribution in [1.82, 2.24) is 4.57 Å². The predicted octanol–water partition coefficient (Wildman–Crippen LogP) is 4.73. The molecule has 3 aromatic carbocycles. The van der Waals surface area contributed by atoms with E-state index in [0.29, 0.717) is 36.3 Å². The molecule has 1 aromatic heterocycles. The molecule has 0 bridgehead atoms. The second kappa shape index (κ2) is 9.63. The van der Waals surface area contributed by atoms with Gasteiger partial charge >= 0.3 is 0 Å². The van der Waals surface area contributed by atoms with Crippen molar-refractivity contribution in [3.05, 3.63) is 116 Å². The number of thioether (sulfide) groups is 1. The number of aromatic nitrogens is 1. The topological polar surface area (TPSA) is 45.5 Å². The molecule has 3 heterocycles. The summed E-state index contributed by atoms with van der Waals surface area (Å²) in [6.45, 7) is 2.77. The van der Waals surface area contributed by atoms with Gasteiger partial charge in [0.15, 0.2) is 4.32 Å². The van der Waals surface area contributed by atoms with Crippen LogP contribution >= 0.6 is 35.3 Å². The van der Waals surface area contributed by atoms with Crippen molar-refractivity contribution in [2.75, 3.05) is 16.3 Å². The highest BCUT2D eigenvalue weighted by Gasteiger charge is 2.35. The van der Waals surface area contributed by atoms with Crippen LogP contribution in [0.3, 0.4) is 0 Å². The van der Waals surface area contributed by atoms with Crippen molar-refractivity contribution in [2.24, 2.45) is 0 Å². The number of hydrogen-bond acceptors (Lipinski definition) is 6. The first-order valence-electron chi connectivity index (χ1n) is 11.8. The first-order valence-corrected chi connectivity index (χ1v) is 13.8. The highest BCUT2D eigenvalue weighted by molar-refractivity contribution is 8.31. The van der Waals surface area contributed by atoms with Crippen molar-refractivity contribution in [3.63, 3.8) is 0 Å². The molecular weight excluding hydrogens is 519 g/mol. The Balaban J connectivity index is 1.65. The summed E-state index contributed by atoms with van der Waals surface area (Å²) in [4.78, 5) is 31.9. The minimum absolute atomic E-state index is 0.159. The maximum Gasteiger partial charge on any atom is 0.275 e. The molecule has 182 valence electrons. The molecule has 6 rings (SSSR count). The van der Waals surface area contributed by atoms with Gasteiger partial charge in [-0.2, -0.15) is 0 Å². The van der Waals surface area contributed by atoms with Crippen molar-refractivity contribution in [3.8, 4) is 5.69 Å². The van der Waals surface area contributed by atoms with Crippen LogP contribution in [-0.2, 0) is 4.79 Å². The molecule has 1 amide bonds. The van der Waals surface area contributed by atoms with Gasteiger partial charge in [-0.3, -0.25) is 19.1 Å². The van der Waals surface area contributed by atoms with E-state index in [1.165, 1.54) is 28.0 Å². The van der Waals surface area contributed by atoms with E-state index in [1.54, 1.807) is 4.57 Å². The molecular formula is C29H21N3O2S3. The molecule has 0 aliphatic carbocycles. The lowest BCUT2D eigenvalue weighted by Gasteiger charge is -2.28. The van der Waals surface area contributed by atoms with Gasteiger partial charge in [0.2, 0.25) is 0 Å². The maximum absolute atomic E-state index is 14.1. The summed E-state index contributed by atoms with van der Waals surface area (Å²) >= 11 is 8.20. The van der Waals surface area contributed by atoms with E-state index in [1.807, 2.05) is 84.9 Å². The molecule has 0 N–H and O–H groups in total. The van der Waals surface area contributed by atoms with Crippen molar-refractivity contribution < 1.29 is 4.79 Å². The molecule has 8 heteroatoms. The minimum atomic E-state index is -0.222. The van der Waals surface area contributed by atoms with Crippen molar-refractivity contribution in [2.45, 2.75) is 6.92 Å². The van der Waals surface area contributed by atoms with E-state index >= 15 is 0 Å². The van der Waals surface area contributed by atoms with Gasteiger partial charge in [0.25, 0.3) is 11.5 Å². The zero-order valence-electron chi connectivity index (χ0n) is 19.8. The molecule has 2 aliphatic rings. The third-order valence-corrected chi connectivity index (χ3v) is 8.94. The second-order valence-electron chi connectivity index (χ2n) is 8.41.